The molecule has 0 amide bonds. The number of hydrogen-bond donors (Lipinski definition) is 2. The molecule has 0 aliphatic heterocycles. The molecule has 4 heteroatoms. The number of rotatable bonds is 4. The molecular weight excluding hydrogens is 282 g/mol. The van der Waals surface area contributed by atoms with Crippen molar-refractivity contribution < 1.29 is 9.52 Å². The lowest BCUT2D eigenvalue weighted by Crippen LogP contribution is -2.30. The van der Waals surface area contributed by atoms with E-state index < -0.39 is 0 Å². The van der Waals surface area contributed by atoms with Gasteiger partial charge in [-0.3, -0.25) is 0 Å². The maximum absolute atomic E-state index is 9.62. The van der Waals surface area contributed by atoms with Crippen molar-refractivity contribution in [1.82, 2.24) is 5.32 Å². The maximum Gasteiger partial charge on any atom is 0.134 e. The summed E-state index contributed by atoms with van der Waals surface area (Å²) in [6.07, 6.45) is 5.86. The zero-order valence-corrected chi connectivity index (χ0v) is 11.7. The molecule has 2 N–H and O–H groups in total. The number of furan rings is 1. The molecule has 1 aromatic heterocycles. The number of hydrogen-bond acceptors (Lipinski definition) is 3. The van der Waals surface area contributed by atoms with Crippen molar-refractivity contribution in [3.8, 4) is 0 Å². The van der Waals surface area contributed by atoms with Gasteiger partial charge in [-0.2, -0.15) is 0 Å². The van der Waals surface area contributed by atoms with E-state index in [1.54, 1.807) is 6.26 Å². The van der Waals surface area contributed by atoms with Crippen LogP contribution >= 0.6 is 15.9 Å². The van der Waals surface area contributed by atoms with E-state index in [-0.39, 0.29) is 12.1 Å². The summed E-state index contributed by atoms with van der Waals surface area (Å²) in [6, 6.07) is 2.12. The summed E-state index contributed by atoms with van der Waals surface area (Å²) < 4.78 is 6.44. The van der Waals surface area contributed by atoms with Crippen LogP contribution < -0.4 is 5.32 Å². The molecule has 0 radical (unpaired) electrons. The summed E-state index contributed by atoms with van der Waals surface area (Å²) in [4.78, 5) is 0. The van der Waals surface area contributed by atoms with E-state index in [0.717, 1.165) is 36.0 Å². The average Bonchev–Trinajstić information content (AvgIpc) is 2.72. The van der Waals surface area contributed by atoms with Gasteiger partial charge in [0.05, 0.1) is 22.9 Å². The molecular formula is C13H20BrNO2. The Hall–Kier alpha value is -0.320. The lowest BCUT2D eigenvalue weighted by Gasteiger charge is -2.27. The molecule has 0 aromatic carbocycles. The summed E-state index contributed by atoms with van der Waals surface area (Å²) in [5.74, 6) is 1.54. The first-order valence-electron chi connectivity index (χ1n) is 6.31. The van der Waals surface area contributed by atoms with Gasteiger partial charge in [0.15, 0.2) is 0 Å². The third-order valence-electron chi connectivity index (χ3n) is 3.51. The molecule has 3 unspecified atom stereocenters. The van der Waals surface area contributed by atoms with Crippen LogP contribution in [0.3, 0.4) is 0 Å². The Morgan fingerprint density at radius 2 is 2.41 bits per heavy atom. The molecule has 0 spiro atoms. The molecule has 0 saturated heterocycles. The Labute approximate surface area is 111 Å². The van der Waals surface area contributed by atoms with Gasteiger partial charge >= 0.3 is 0 Å². The minimum atomic E-state index is -0.0961. The summed E-state index contributed by atoms with van der Waals surface area (Å²) in [5, 5.41) is 13.1. The number of aliphatic hydroxyl groups is 1. The van der Waals surface area contributed by atoms with Gasteiger partial charge in [0, 0.05) is 0 Å². The molecule has 96 valence electrons. The number of halogens is 1. The first-order chi connectivity index (χ1) is 8.16. The Morgan fingerprint density at radius 1 is 1.59 bits per heavy atom. The second-order valence-electron chi connectivity index (χ2n) is 4.95. The standard InChI is InChI=1S/C13H20BrNO2/c1-9(13-12(14)5-6-17-13)15-8-10-3-2-4-11(16)7-10/h5-6,9-11,15-16H,2-4,7-8H2,1H3. The van der Waals surface area contributed by atoms with Crippen molar-refractivity contribution in [3.63, 3.8) is 0 Å². The fourth-order valence-electron chi connectivity index (χ4n) is 2.50. The predicted molar refractivity (Wildman–Crippen MR) is 70.8 cm³/mol. The lowest BCUT2D eigenvalue weighted by atomic mass is 9.87. The fourth-order valence-corrected chi connectivity index (χ4v) is 3.04. The van der Waals surface area contributed by atoms with Crippen LogP contribution in [0.5, 0.6) is 0 Å². The van der Waals surface area contributed by atoms with Crippen LogP contribution in [-0.4, -0.2) is 17.8 Å². The maximum atomic E-state index is 9.62. The van der Waals surface area contributed by atoms with Crippen LogP contribution in [0, 0.1) is 5.92 Å². The number of nitrogens with one attached hydrogen (secondary N) is 1. The van der Waals surface area contributed by atoms with E-state index in [1.807, 2.05) is 6.07 Å². The normalized spacial score (nSPS) is 27.0. The monoisotopic (exact) mass is 301 g/mol. The Bertz CT molecular complexity index is 353. The van der Waals surface area contributed by atoms with Crippen molar-refractivity contribution in [1.29, 1.82) is 0 Å². The SMILES string of the molecule is CC(NCC1CCCC(O)C1)c1occc1Br. The molecule has 3 atom stereocenters. The fraction of sp³-hybridized carbons (Fsp3) is 0.692. The van der Waals surface area contributed by atoms with Gasteiger partial charge in [0.25, 0.3) is 0 Å². The molecule has 1 aromatic rings. The van der Waals surface area contributed by atoms with Crippen LogP contribution in [0.1, 0.15) is 44.4 Å². The highest BCUT2D eigenvalue weighted by atomic mass is 79.9. The largest absolute Gasteiger partial charge is 0.466 e. The van der Waals surface area contributed by atoms with E-state index in [2.05, 4.69) is 28.2 Å². The first-order valence-corrected chi connectivity index (χ1v) is 7.10. The van der Waals surface area contributed by atoms with E-state index >= 15 is 0 Å². The average molecular weight is 302 g/mol. The minimum Gasteiger partial charge on any atom is -0.466 e. The highest BCUT2D eigenvalue weighted by molar-refractivity contribution is 9.10. The van der Waals surface area contributed by atoms with Gasteiger partial charge in [-0.25, -0.2) is 0 Å². The van der Waals surface area contributed by atoms with Crippen LogP contribution in [0.25, 0.3) is 0 Å². The van der Waals surface area contributed by atoms with Crippen LogP contribution in [0.2, 0.25) is 0 Å². The summed E-state index contributed by atoms with van der Waals surface area (Å²) in [5.41, 5.74) is 0. The van der Waals surface area contributed by atoms with Crippen molar-refractivity contribution in [3.05, 3.63) is 22.6 Å². The zero-order chi connectivity index (χ0) is 12.3. The van der Waals surface area contributed by atoms with Gasteiger partial charge in [-0.05, 0) is 60.6 Å². The second-order valence-corrected chi connectivity index (χ2v) is 5.80. The topological polar surface area (TPSA) is 45.4 Å². The van der Waals surface area contributed by atoms with Gasteiger partial charge in [-0.1, -0.05) is 6.42 Å². The Kier molecular flexibility index (Phi) is 4.65. The third-order valence-corrected chi connectivity index (χ3v) is 4.16. The molecule has 1 saturated carbocycles. The number of aliphatic hydroxyl groups excluding tert-OH is 1. The molecule has 0 bridgehead atoms. The second kappa shape index (κ2) is 6.03. The lowest BCUT2D eigenvalue weighted by molar-refractivity contribution is 0.0995. The van der Waals surface area contributed by atoms with Crippen LogP contribution in [0.4, 0.5) is 0 Å². The summed E-state index contributed by atoms with van der Waals surface area (Å²) in [7, 11) is 0. The van der Waals surface area contributed by atoms with Gasteiger partial charge < -0.3 is 14.8 Å². The van der Waals surface area contributed by atoms with Crippen LogP contribution in [-0.2, 0) is 0 Å². The van der Waals surface area contributed by atoms with E-state index in [4.69, 9.17) is 4.42 Å². The molecule has 2 rings (SSSR count). The highest BCUT2D eigenvalue weighted by Crippen LogP contribution is 2.26. The molecule has 1 heterocycles. The quantitative estimate of drug-likeness (QED) is 0.897. The third kappa shape index (κ3) is 3.57. The molecule has 1 aliphatic rings. The van der Waals surface area contributed by atoms with Gasteiger partial charge in [0.1, 0.15) is 5.76 Å². The molecule has 1 aliphatic carbocycles. The first kappa shape index (κ1) is 13.1. The van der Waals surface area contributed by atoms with Crippen molar-refractivity contribution >= 4 is 15.9 Å². The van der Waals surface area contributed by atoms with E-state index in [0.29, 0.717) is 5.92 Å². The molecule has 17 heavy (non-hydrogen) atoms. The molecule has 3 nitrogen and oxygen atoms in total. The van der Waals surface area contributed by atoms with Gasteiger partial charge in [-0.15, -0.1) is 0 Å². The predicted octanol–water partition coefficient (Wildman–Crippen LogP) is 3.24. The molecule has 1 fully saturated rings. The van der Waals surface area contributed by atoms with E-state index in [1.165, 1.54) is 6.42 Å². The van der Waals surface area contributed by atoms with E-state index in [9.17, 15) is 5.11 Å². The van der Waals surface area contributed by atoms with Crippen molar-refractivity contribution in [2.75, 3.05) is 6.54 Å². The van der Waals surface area contributed by atoms with Crippen molar-refractivity contribution in [2.45, 2.75) is 44.8 Å². The Morgan fingerprint density at radius 3 is 3.06 bits per heavy atom. The van der Waals surface area contributed by atoms with Crippen molar-refractivity contribution in [2.24, 2.45) is 5.92 Å². The highest BCUT2D eigenvalue weighted by Gasteiger charge is 2.21. The van der Waals surface area contributed by atoms with Gasteiger partial charge in [0.2, 0.25) is 0 Å². The summed E-state index contributed by atoms with van der Waals surface area (Å²) >= 11 is 3.47. The Balaban J connectivity index is 1.80. The smallest absolute Gasteiger partial charge is 0.134 e. The van der Waals surface area contributed by atoms with Crippen LogP contribution in [0.15, 0.2) is 21.2 Å². The summed E-state index contributed by atoms with van der Waals surface area (Å²) in [6.45, 7) is 3.05. The zero-order valence-electron chi connectivity index (χ0n) is 10.2. The minimum absolute atomic E-state index is 0.0961.